The van der Waals surface area contributed by atoms with Gasteiger partial charge in [0.05, 0.1) is 11.4 Å². The Balaban J connectivity index is 0.00000288. The predicted octanol–water partition coefficient (Wildman–Crippen LogP) is 0.591. The van der Waals surface area contributed by atoms with E-state index in [4.69, 9.17) is 0 Å². The summed E-state index contributed by atoms with van der Waals surface area (Å²) >= 11 is 0. The van der Waals surface area contributed by atoms with Gasteiger partial charge in [0.25, 0.3) is 0 Å². The number of carbonyl (C=O) groups is 1. The fourth-order valence-electron chi connectivity index (χ4n) is 2.45. The van der Waals surface area contributed by atoms with Gasteiger partial charge in [0.15, 0.2) is 0 Å². The van der Waals surface area contributed by atoms with Gasteiger partial charge in [-0.05, 0) is 25.1 Å². The number of carbonyl (C=O) groups excluding carboxylic acids is 1. The normalized spacial score (nSPS) is 18.9. The lowest BCUT2D eigenvalue weighted by Crippen LogP contribution is -2.51. The molecule has 0 spiro atoms. The minimum atomic E-state index is -3.51. The van der Waals surface area contributed by atoms with Crippen LogP contribution in [0.5, 0.6) is 0 Å². The molecule has 0 aliphatic carbocycles. The lowest BCUT2D eigenvalue weighted by Gasteiger charge is -2.33. The summed E-state index contributed by atoms with van der Waals surface area (Å²) in [6.07, 6.45) is 0. The van der Waals surface area contributed by atoms with Crippen LogP contribution >= 0.6 is 12.4 Å². The van der Waals surface area contributed by atoms with Crippen molar-refractivity contribution in [3.63, 3.8) is 0 Å². The molecule has 0 bridgehead atoms. The van der Waals surface area contributed by atoms with E-state index in [1.165, 1.54) is 26.2 Å². The first-order valence-electron chi connectivity index (χ1n) is 7.58. The van der Waals surface area contributed by atoms with Crippen LogP contribution in [0.25, 0.3) is 0 Å². The van der Waals surface area contributed by atoms with Crippen LogP contribution in [0.2, 0.25) is 0 Å². The summed E-state index contributed by atoms with van der Waals surface area (Å²) in [5, 5.41) is 6.05. The van der Waals surface area contributed by atoms with Crippen LogP contribution in [-0.2, 0) is 14.8 Å². The molecule has 0 unspecified atom stereocenters. The molecular weight excluding hydrogens is 352 g/mol. The molecule has 1 heterocycles. The highest BCUT2D eigenvalue weighted by Crippen LogP contribution is 2.18. The van der Waals surface area contributed by atoms with Crippen molar-refractivity contribution >= 4 is 34.0 Å². The van der Waals surface area contributed by atoms with Crippen LogP contribution < -0.4 is 10.6 Å². The number of nitrogens with one attached hydrogen (secondary N) is 2. The molecule has 136 valence electrons. The minimum absolute atomic E-state index is 0. The maximum Gasteiger partial charge on any atom is 0.242 e. The molecule has 1 aliphatic heterocycles. The number of hydrogen-bond acceptors (Lipinski definition) is 5. The Hall–Kier alpha value is -1.19. The van der Waals surface area contributed by atoms with E-state index in [1.54, 1.807) is 12.1 Å². The second-order valence-electron chi connectivity index (χ2n) is 5.89. The van der Waals surface area contributed by atoms with E-state index in [2.05, 4.69) is 22.5 Å². The summed E-state index contributed by atoms with van der Waals surface area (Å²) in [6.45, 7) is 4.93. The average molecular weight is 377 g/mol. The van der Waals surface area contributed by atoms with Crippen LogP contribution in [-0.4, -0.2) is 69.8 Å². The number of piperazine rings is 1. The summed E-state index contributed by atoms with van der Waals surface area (Å²) in [5.74, 6) is -0.141. The van der Waals surface area contributed by atoms with Crippen molar-refractivity contribution in [2.24, 2.45) is 0 Å². The van der Waals surface area contributed by atoms with E-state index in [0.717, 1.165) is 23.9 Å². The highest BCUT2D eigenvalue weighted by Gasteiger charge is 2.21. The van der Waals surface area contributed by atoms with Gasteiger partial charge in [0.2, 0.25) is 15.9 Å². The van der Waals surface area contributed by atoms with E-state index in [0.29, 0.717) is 18.3 Å². The van der Waals surface area contributed by atoms with Crippen molar-refractivity contribution in [2.75, 3.05) is 45.6 Å². The number of benzene rings is 1. The van der Waals surface area contributed by atoms with E-state index in [1.807, 2.05) is 0 Å². The van der Waals surface area contributed by atoms with Gasteiger partial charge in [-0.2, -0.15) is 0 Å². The molecular formula is C15H25ClN4O3S. The molecule has 1 aliphatic rings. The monoisotopic (exact) mass is 376 g/mol. The number of nitrogens with zero attached hydrogens (tertiary/aromatic N) is 2. The molecule has 2 N–H and O–H groups in total. The fraction of sp³-hybridized carbons (Fsp3) is 0.533. The molecule has 0 saturated carbocycles. The standard InChI is InChI=1S/C15H24N4O3S.ClH/c1-12-10-16-7-8-19(12)11-15(20)17-13-5-4-6-14(9-13)23(21,22)18(2)3;/h4-6,9,12,16H,7-8,10-11H2,1-3H3,(H,17,20);1H/t12-;/m1./s1. The molecule has 1 atom stereocenters. The lowest BCUT2D eigenvalue weighted by atomic mass is 10.2. The Labute approximate surface area is 149 Å². The fourth-order valence-corrected chi connectivity index (χ4v) is 3.40. The highest BCUT2D eigenvalue weighted by atomic mass is 35.5. The second kappa shape index (κ2) is 8.77. The molecule has 0 aromatic heterocycles. The van der Waals surface area contributed by atoms with Crippen LogP contribution in [0.4, 0.5) is 5.69 Å². The molecule has 7 nitrogen and oxygen atoms in total. The Kier molecular flexibility index (Phi) is 7.62. The second-order valence-corrected chi connectivity index (χ2v) is 8.04. The van der Waals surface area contributed by atoms with Gasteiger partial charge >= 0.3 is 0 Å². The van der Waals surface area contributed by atoms with Crippen LogP contribution in [0.15, 0.2) is 29.2 Å². The average Bonchev–Trinajstić information content (AvgIpc) is 2.49. The molecule has 1 amide bonds. The molecule has 1 fully saturated rings. The number of amides is 1. The topological polar surface area (TPSA) is 81.8 Å². The van der Waals surface area contributed by atoms with E-state index < -0.39 is 10.0 Å². The zero-order valence-corrected chi connectivity index (χ0v) is 15.8. The van der Waals surface area contributed by atoms with Gasteiger partial charge in [0, 0.05) is 45.5 Å². The molecule has 2 rings (SSSR count). The maximum atomic E-state index is 12.2. The predicted molar refractivity (Wildman–Crippen MR) is 97.1 cm³/mol. The summed E-state index contributed by atoms with van der Waals surface area (Å²) in [5.41, 5.74) is 0.487. The molecule has 1 aromatic rings. The molecule has 1 saturated heterocycles. The van der Waals surface area contributed by atoms with Crippen molar-refractivity contribution in [1.29, 1.82) is 0 Å². The Morgan fingerprint density at radius 1 is 1.42 bits per heavy atom. The number of halogens is 1. The SMILES string of the molecule is C[C@@H]1CNCCN1CC(=O)Nc1cccc(S(=O)(=O)N(C)C)c1.Cl. The summed E-state index contributed by atoms with van der Waals surface area (Å²) < 4.78 is 25.4. The number of anilines is 1. The largest absolute Gasteiger partial charge is 0.325 e. The lowest BCUT2D eigenvalue weighted by molar-refractivity contribution is -0.118. The molecule has 9 heteroatoms. The van der Waals surface area contributed by atoms with Gasteiger partial charge in [0.1, 0.15) is 0 Å². The molecule has 0 radical (unpaired) electrons. The molecule has 1 aromatic carbocycles. The van der Waals surface area contributed by atoms with Gasteiger partial charge < -0.3 is 10.6 Å². The van der Waals surface area contributed by atoms with Gasteiger partial charge in [-0.3, -0.25) is 9.69 Å². The van der Waals surface area contributed by atoms with Gasteiger partial charge in [-0.25, -0.2) is 12.7 Å². The Morgan fingerprint density at radius 3 is 2.75 bits per heavy atom. The van der Waals surface area contributed by atoms with Gasteiger partial charge in [-0.15, -0.1) is 12.4 Å². The summed E-state index contributed by atoms with van der Waals surface area (Å²) in [4.78, 5) is 14.5. The van der Waals surface area contributed by atoms with Crippen molar-refractivity contribution in [3.05, 3.63) is 24.3 Å². The highest BCUT2D eigenvalue weighted by molar-refractivity contribution is 7.89. The number of hydrogen-bond donors (Lipinski definition) is 2. The smallest absolute Gasteiger partial charge is 0.242 e. The van der Waals surface area contributed by atoms with Crippen molar-refractivity contribution < 1.29 is 13.2 Å². The Morgan fingerprint density at radius 2 is 2.12 bits per heavy atom. The quantitative estimate of drug-likeness (QED) is 0.786. The first-order chi connectivity index (χ1) is 10.8. The first kappa shape index (κ1) is 20.9. The minimum Gasteiger partial charge on any atom is -0.325 e. The van der Waals surface area contributed by atoms with E-state index in [9.17, 15) is 13.2 Å². The third-order valence-corrected chi connectivity index (χ3v) is 5.69. The first-order valence-corrected chi connectivity index (χ1v) is 9.02. The summed E-state index contributed by atoms with van der Waals surface area (Å²) in [6, 6.07) is 6.61. The number of rotatable bonds is 5. The third kappa shape index (κ3) is 5.15. The van der Waals surface area contributed by atoms with Crippen LogP contribution in [0.1, 0.15) is 6.92 Å². The van der Waals surface area contributed by atoms with Crippen molar-refractivity contribution in [1.82, 2.24) is 14.5 Å². The summed E-state index contributed by atoms with van der Waals surface area (Å²) in [7, 11) is -0.551. The van der Waals surface area contributed by atoms with Gasteiger partial charge in [-0.1, -0.05) is 6.07 Å². The van der Waals surface area contributed by atoms with Crippen LogP contribution in [0.3, 0.4) is 0 Å². The number of sulfonamides is 1. The van der Waals surface area contributed by atoms with Crippen molar-refractivity contribution in [2.45, 2.75) is 17.9 Å². The zero-order chi connectivity index (χ0) is 17.0. The van der Waals surface area contributed by atoms with Crippen molar-refractivity contribution in [3.8, 4) is 0 Å². The third-order valence-electron chi connectivity index (χ3n) is 3.88. The van der Waals surface area contributed by atoms with E-state index in [-0.39, 0.29) is 23.2 Å². The van der Waals surface area contributed by atoms with Crippen LogP contribution in [0, 0.1) is 0 Å². The zero-order valence-electron chi connectivity index (χ0n) is 14.2. The Bertz CT molecular complexity index is 666. The van der Waals surface area contributed by atoms with E-state index >= 15 is 0 Å². The maximum absolute atomic E-state index is 12.2. The molecule has 24 heavy (non-hydrogen) atoms.